The van der Waals surface area contributed by atoms with Crippen LogP contribution in [-0.4, -0.2) is 35.4 Å². The number of urea groups is 1. The minimum atomic E-state index is -0.676. The summed E-state index contributed by atoms with van der Waals surface area (Å²) in [5.74, 6) is -0.575. The summed E-state index contributed by atoms with van der Waals surface area (Å²) >= 11 is 12.1. The molecule has 1 aliphatic heterocycles. The van der Waals surface area contributed by atoms with Gasteiger partial charge in [0.15, 0.2) is 0 Å². The minimum Gasteiger partial charge on any atom is -0.489 e. The second kappa shape index (κ2) is 9.85. The lowest BCUT2D eigenvalue weighted by molar-refractivity contribution is -0.127. The Morgan fingerprint density at radius 1 is 1.19 bits per heavy atom. The molecule has 3 rings (SSSR count). The van der Waals surface area contributed by atoms with E-state index in [4.69, 9.17) is 27.9 Å². The van der Waals surface area contributed by atoms with Crippen LogP contribution in [0.2, 0.25) is 10.0 Å². The number of hydrogen-bond acceptors (Lipinski definition) is 4. The summed E-state index contributed by atoms with van der Waals surface area (Å²) < 4.78 is 5.72. The molecule has 7 nitrogen and oxygen atoms in total. The summed E-state index contributed by atoms with van der Waals surface area (Å²) in [4.78, 5) is 37.9. The fourth-order valence-corrected chi connectivity index (χ4v) is 3.12. The van der Waals surface area contributed by atoms with Crippen molar-refractivity contribution in [3.63, 3.8) is 0 Å². The van der Waals surface area contributed by atoms with Crippen LogP contribution in [0.15, 0.2) is 48.2 Å². The SMILES string of the molecule is CCC(C)Oc1ccc(C=C2NC(=O)N(CC(=O)Nc3ccc(Cl)cc3)C2=O)cc1Cl. The zero-order valence-corrected chi connectivity index (χ0v) is 18.5. The van der Waals surface area contributed by atoms with E-state index in [1.54, 1.807) is 42.5 Å². The molecule has 1 aliphatic rings. The van der Waals surface area contributed by atoms with Crippen molar-refractivity contribution >= 4 is 52.8 Å². The van der Waals surface area contributed by atoms with Crippen LogP contribution >= 0.6 is 23.2 Å². The van der Waals surface area contributed by atoms with Crippen LogP contribution in [0, 0.1) is 0 Å². The molecule has 0 radical (unpaired) electrons. The van der Waals surface area contributed by atoms with Gasteiger partial charge >= 0.3 is 6.03 Å². The third-order valence-electron chi connectivity index (χ3n) is 4.56. The molecule has 31 heavy (non-hydrogen) atoms. The lowest BCUT2D eigenvalue weighted by Gasteiger charge is -2.14. The number of anilines is 1. The number of nitrogens with one attached hydrogen (secondary N) is 2. The average Bonchev–Trinajstić information content (AvgIpc) is 2.99. The summed E-state index contributed by atoms with van der Waals surface area (Å²) in [6, 6.07) is 10.9. The van der Waals surface area contributed by atoms with Gasteiger partial charge in [-0.25, -0.2) is 9.69 Å². The molecule has 0 saturated carbocycles. The molecule has 1 fully saturated rings. The molecule has 1 saturated heterocycles. The van der Waals surface area contributed by atoms with Crippen molar-refractivity contribution in [3.8, 4) is 5.75 Å². The Hall–Kier alpha value is -3.03. The summed E-state index contributed by atoms with van der Waals surface area (Å²) in [6.07, 6.45) is 2.35. The van der Waals surface area contributed by atoms with Gasteiger partial charge < -0.3 is 15.4 Å². The first kappa shape index (κ1) is 22.7. The van der Waals surface area contributed by atoms with Gasteiger partial charge in [-0.2, -0.15) is 0 Å². The number of benzene rings is 2. The van der Waals surface area contributed by atoms with E-state index in [9.17, 15) is 14.4 Å². The molecule has 1 heterocycles. The van der Waals surface area contributed by atoms with Crippen LogP contribution in [0.4, 0.5) is 10.5 Å². The zero-order valence-electron chi connectivity index (χ0n) is 16.9. The number of hydrogen-bond donors (Lipinski definition) is 2. The Bertz CT molecular complexity index is 1040. The third kappa shape index (κ3) is 5.77. The largest absolute Gasteiger partial charge is 0.489 e. The van der Waals surface area contributed by atoms with Crippen LogP contribution in [-0.2, 0) is 9.59 Å². The summed E-state index contributed by atoms with van der Waals surface area (Å²) in [5.41, 5.74) is 1.17. The van der Waals surface area contributed by atoms with Crippen LogP contribution < -0.4 is 15.4 Å². The van der Waals surface area contributed by atoms with Gasteiger partial charge in [-0.1, -0.05) is 36.2 Å². The summed E-state index contributed by atoms with van der Waals surface area (Å²) in [6.45, 7) is 3.52. The van der Waals surface area contributed by atoms with Gasteiger partial charge in [-0.3, -0.25) is 9.59 Å². The first-order valence-electron chi connectivity index (χ1n) is 9.63. The molecule has 0 spiro atoms. The standard InChI is InChI=1S/C22H21Cl2N3O4/c1-3-13(2)31-19-9-4-14(10-17(19)24)11-18-21(29)27(22(30)26-18)12-20(28)25-16-7-5-15(23)6-8-16/h4-11,13H,3,12H2,1-2H3,(H,25,28)(H,26,30). The number of rotatable bonds is 7. The molecule has 2 aromatic rings. The molecular weight excluding hydrogens is 441 g/mol. The molecule has 1 atom stereocenters. The van der Waals surface area contributed by atoms with Gasteiger partial charge in [-0.15, -0.1) is 0 Å². The maximum atomic E-state index is 12.6. The quantitative estimate of drug-likeness (QED) is 0.461. The van der Waals surface area contributed by atoms with Crippen LogP contribution in [0.25, 0.3) is 6.08 Å². The molecule has 4 amide bonds. The van der Waals surface area contributed by atoms with Crippen molar-refractivity contribution in [2.45, 2.75) is 26.4 Å². The van der Waals surface area contributed by atoms with Crippen LogP contribution in [0.1, 0.15) is 25.8 Å². The first-order valence-corrected chi connectivity index (χ1v) is 10.4. The van der Waals surface area contributed by atoms with Gasteiger partial charge in [0, 0.05) is 10.7 Å². The number of nitrogens with zero attached hydrogens (tertiary/aromatic N) is 1. The van der Waals surface area contributed by atoms with E-state index in [1.165, 1.54) is 6.08 Å². The molecule has 0 bridgehead atoms. The van der Waals surface area contributed by atoms with E-state index in [-0.39, 0.29) is 11.8 Å². The number of ether oxygens (including phenoxy) is 1. The number of amides is 4. The topological polar surface area (TPSA) is 87.7 Å². The highest BCUT2D eigenvalue weighted by molar-refractivity contribution is 6.32. The Balaban J connectivity index is 1.67. The maximum Gasteiger partial charge on any atom is 0.329 e. The van der Waals surface area contributed by atoms with Crippen molar-refractivity contribution in [1.29, 1.82) is 0 Å². The second-order valence-corrected chi connectivity index (χ2v) is 7.80. The van der Waals surface area contributed by atoms with Crippen molar-refractivity contribution in [2.24, 2.45) is 0 Å². The van der Waals surface area contributed by atoms with E-state index in [1.807, 2.05) is 13.8 Å². The Morgan fingerprint density at radius 3 is 2.55 bits per heavy atom. The van der Waals surface area contributed by atoms with Crippen molar-refractivity contribution < 1.29 is 19.1 Å². The van der Waals surface area contributed by atoms with Crippen molar-refractivity contribution in [3.05, 3.63) is 63.8 Å². The summed E-state index contributed by atoms with van der Waals surface area (Å²) in [5, 5.41) is 6.02. The number of carbonyl (C=O) groups excluding carboxylic acids is 3. The molecule has 2 N–H and O–H groups in total. The third-order valence-corrected chi connectivity index (χ3v) is 5.11. The zero-order chi connectivity index (χ0) is 22.5. The van der Waals surface area contributed by atoms with E-state index in [2.05, 4.69) is 10.6 Å². The summed E-state index contributed by atoms with van der Waals surface area (Å²) in [7, 11) is 0. The van der Waals surface area contributed by atoms with E-state index >= 15 is 0 Å². The lowest BCUT2D eigenvalue weighted by atomic mass is 10.1. The highest BCUT2D eigenvalue weighted by Crippen LogP contribution is 2.28. The fourth-order valence-electron chi connectivity index (χ4n) is 2.76. The molecule has 0 aromatic heterocycles. The van der Waals surface area contributed by atoms with Gasteiger partial charge in [-0.05, 0) is 61.4 Å². The predicted molar refractivity (Wildman–Crippen MR) is 120 cm³/mol. The lowest BCUT2D eigenvalue weighted by Crippen LogP contribution is -2.38. The molecule has 0 aliphatic carbocycles. The fraction of sp³-hybridized carbons (Fsp3) is 0.227. The van der Waals surface area contributed by atoms with E-state index in [0.29, 0.717) is 27.0 Å². The van der Waals surface area contributed by atoms with Crippen molar-refractivity contribution in [1.82, 2.24) is 10.2 Å². The first-order chi connectivity index (χ1) is 14.8. The normalized spacial score (nSPS) is 15.7. The smallest absolute Gasteiger partial charge is 0.329 e. The van der Waals surface area contributed by atoms with Crippen molar-refractivity contribution in [2.75, 3.05) is 11.9 Å². The minimum absolute atomic E-state index is 0.0185. The number of halogens is 2. The highest BCUT2D eigenvalue weighted by Gasteiger charge is 2.34. The molecular formula is C22H21Cl2N3O4. The molecule has 162 valence electrons. The van der Waals surface area contributed by atoms with Gasteiger partial charge in [0.05, 0.1) is 11.1 Å². The van der Waals surface area contributed by atoms with Gasteiger partial charge in [0.25, 0.3) is 5.91 Å². The molecule has 1 unspecified atom stereocenters. The van der Waals surface area contributed by atoms with E-state index in [0.717, 1.165) is 11.3 Å². The highest BCUT2D eigenvalue weighted by atomic mass is 35.5. The molecule has 9 heteroatoms. The predicted octanol–water partition coefficient (Wildman–Crippen LogP) is 4.70. The maximum absolute atomic E-state index is 12.6. The van der Waals surface area contributed by atoms with Crippen LogP contribution in [0.3, 0.4) is 0 Å². The Labute approximate surface area is 190 Å². The Kier molecular flexibility index (Phi) is 7.20. The monoisotopic (exact) mass is 461 g/mol. The Morgan fingerprint density at radius 2 is 1.90 bits per heavy atom. The number of carbonyl (C=O) groups is 3. The van der Waals surface area contributed by atoms with Gasteiger partial charge in [0.2, 0.25) is 5.91 Å². The molecule has 2 aromatic carbocycles. The average molecular weight is 462 g/mol. The van der Waals surface area contributed by atoms with Crippen LogP contribution in [0.5, 0.6) is 5.75 Å². The second-order valence-electron chi connectivity index (χ2n) is 6.96. The number of imide groups is 1. The van der Waals surface area contributed by atoms with E-state index < -0.39 is 24.4 Å². The van der Waals surface area contributed by atoms with Gasteiger partial charge in [0.1, 0.15) is 18.0 Å².